The van der Waals surface area contributed by atoms with Crippen LogP contribution in [0.5, 0.6) is 0 Å². The van der Waals surface area contributed by atoms with Gasteiger partial charge >= 0.3 is 0 Å². The Balaban J connectivity index is 0.00000363. The van der Waals surface area contributed by atoms with E-state index < -0.39 is 0 Å². The number of aryl methyl sites for hydroxylation is 1. The van der Waals surface area contributed by atoms with Crippen LogP contribution >= 0.6 is 35.6 Å². The quantitative estimate of drug-likeness (QED) is 0.309. The number of guanidine groups is 1. The number of hydrogen-bond donors (Lipinski definition) is 1. The fourth-order valence-electron chi connectivity index (χ4n) is 4.13. The first-order valence-electron chi connectivity index (χ1n) is 10.9. The molecule has 1 aromatic carbocycles. The maximum Gasteiger partial charge on any atom is 0.193 e. The predicted octanol–water partition coefficient (Wildman–Crippen LogP) is 3.90. The van der Waals surface area contributed by atoms with Gasteiger partial charge in [-0.25, -0.2) is 0 Å². The van der Waals surface area contributed by atoms with Crippen molar-refractivity contribution in [1.29, 1.82) is 0 Å². The van der Waals surface area contributed by atoms with Gasteiger partial charge in [-0.3, -0.25) is 14.6 Å². The van der Waals surface area contributed by atoms with Crippen LogP contribution in [0.4, 0.5) is 0 Å². The summed E-state index contributed by atoms with van der Waals surface area (Å²) in [6.45, 7) is 9.16. The molecule has 2 heterocycles. The molecule has 1 aromatic heterocycles. The fraction of sp³-hybridized carbons (Fsp3) is 0.565. The van der Waals surface area contributed by atoms with E-state index in [0.717, 1.165) is 56.1 Å². The predicted molar refractivity (Wildman–Crippen MR) is 142 cm³/mol. The van der Waals surface area contributed by atoms with Crippen molar-refractivity contribution in [1.82, 2.24) is 24.9 Å². The second kappa shape index (κ2) is 12.8. The largest absolute Gasteiger partial charge is 0.379 e. The molecule has 2 aromatic rings. The Hall–Kier alpha value is -1.36. The van der Waals surface area contributed by atoms with Gasteiger partial charge in [0.15, 0.2) is 5.96 Å². The van der Waals surface area contributed by atoms with Crippen LogP contribution in [0.1, 0.15) is 42.6 Å². The lowest BCUT2D eigenvalue weighted by atomic mass is 10.0. The summed E-state index contributed by atoms with van der Waals surface area (Å²) in [6.07, 6.45) is 2.10. The molecule has 0 aliphatic carbocycles. The number of morpholine rings is 1. The van der Waals surface area contributed by atoms with Gasteiger partial charge in [-0.2, -0.15) is 5.10 Å². The normalized spacial score (nSPS) is 16.0. The van der Waals surface area contributed by atoms with Crippen LogP contribution < -0.4 is 5.32 Å². The number of aliphatic imine (C=N–C) groups is 1. The van der Waals surface area contributed by atoms with Crippen molar-refractivity contribution < 1.29 is 4.74 Å². The van der Waals surface area contributed by atoms with Crippen LogP contribution in [0.3, 0.4) is 0 Å². The van der Waals surface area contributed by atoms with Crippen LogP contribution in [0.2, 0.25) is 5.02 Å². The Morgan fingerprint density at radius 1 is 1.31 bits per heavy atom. The highest BCUT2D eigenvalue weighted by molar-refractivity contribution is 14.0. The van der Waals surface area contributed by atoms with Crippen LogP contribution in [0.15, 0.2) is 35.5 Å². The number of benzene rings is 1. The molecule has 0 amide bonds. The Morgan fingerprint density at radius 3 is 2.66 bits per heavy atom. The van der Waals surface area contributed by atoms with Crippen molar-refractivity contribution in [3.05, 3.63) is 52.3 Å². The number of ether oxygens (including phenoxy) is 1. The van der Waals surface area contributed by atoms with Crippen molar-refractivity contribution in [3.8, 4) is 0 Å². The average Bonchev–Trinajstić information content (AvgIpc) is 3.12. The summed E-state index contributed by atoms with van der Waals surface area (Å²) in [4.78, 5) is 9.13. The van der Waals surface area contributed by atoms with E-state index in [1.54, 1.807) is 0 Å². The molecule has 1 saturated heterocycles. The summed E-state index contributed by atoms with van der Waals surface area (Å²) in [6, 6.07) is 8.33. The van der Waals surface area contributed by atoms with E-state index in [9.17, 15) is 0 Å². The zero-order chi connectivity index (χ0) is 22.4. The maximum absolute atomic E-state index is 6.30. The molecule has 1 N–H and O–H groups in total. The summed E-state index contributed by atoms with van der Waals surface area (Å²) in [5.41, 5.74) is 3.56. The van der Waals surface area contributed by atoms with E-state index >= 15 is 0 Å². The van der Waals surface area contributed by atoms with E-state index in [-0.39, 0.29) is 30.0 Å². The molecule has 0 saturated carbocycles. The molecule has 9 heteroatoms. The first kappa shape index (κ1) is 26.9. The Morgan fingerprint density at radius 2 is 2.03 bits per heavy atom. The Labute approximate surface area is 214 Å². The smallest absolute Gasteiger partial charge is 0.193 e. The van der Waals surface area contributed by atoms with Crippen molar-refractivity contribution in [2.24, 2.45) is 12.0 Å². The summed E-state index contributed by atoms with van der Waals surface area (Å²) in [7, 11) is 5.87. The molecule has 0 spiro atoms. The van der Waals surface area contributed by atoms with Crippen LogP contribution in [-0.2, 0) is 18.3 Å². The molecule has 1 atom stereocenters. The average molecular weight is 575 g/mol. The second-order valence-corrected chi connectivity index (χ2v) is 8.81. The van der Waals surface area contributed by atoms with Gasteiger partial charge in [0.2, 0.25) is 0 Å². The van der Waals surface area contributed by atoms with E-state index in [0.29, 0.717) is 5.92 Å². The minimum Gasteiger partial charge on any atom is -0.379 e. The first-order valence-corrected chi connectivity index (χ1v) is 11.3. The summed E-state index contributed by atoms with van der Waals surface area (Å²) in [5.74, 6) is 1.24. The van der Waals surface area contributed by atoms with Gasteiger partial charge in [0.05, 0.1) is 24.9 Å². The van der Waals surface area contributed by atoms with Crippen molar-refractivity contribution in [2.45, 2.75) is 32.4 Å². The summed E-state index contributed by atoms with van der Waals surface area (Å²) in [5, 5.41) is 8.97. The number of hydrogen-bond acceptors (Lipinski definition) is 4. The van der Waals surface area contributed by atoms with Crippen molar-refractivity contribution in [3.63, 3.8) is 0 Å². The van der Waals surface area contributed by atoms with Gasteiger partial charge in [-0.15, -0.1) is 24.0 Å². The maximum atomic E-state index is 6.30. The molecular formula is C23H36ClIN6O. The minimum absolute atomic E-state index is 0. The zero-order valence-corrected chi connectivity index (χ0v) is 22.8. The van der Waals surface area contributed by atoms with Gasteiger partial charge in [-0.1, -0.05) is 37.6 Å². The third-order valence-corrected chi connectivity index (χ3v) is 5.87. The second-order valence-electron chi connectivity index (χ2n) is 8.37. The molecule has 7 nitrogen and oxygen atoms in total. The number of nitrogens with zero attached hydrogens (tertiary/aromatic N) is 5. The topological polar surface area (TPSA) is 57.9 Å². The molecular weight excluding hydrogens is 539 g/mol. The number of rotatable bonds is 7. The van der Waals surface area contributed by atoms with Crippen molar-refractivity contribution in [2.75, 3.05) is 46.9 Å². The SMILES string of the molecule is CN=C(NCC(c1cccc(Cl)c1)N1CCOCC1)N(C)Cc1cn(C)nc1C(C)C.I. The molecule has 178 valence electrons. The lowest BCUT2D eigenvalue weighted by Crippen LogP contribution is -2.46. The standard InChI is InChI=1S/C23H35ClN6O.HI/c1-17(2)22-19(16-29(5)27-22)15-28(4)23(25-3)26-14-21(30-9-11-31-12-10-30)18-7-6-8-20(24)13-18;/h6-8,13,16-17,21H,9-12,14-15H2,1-5H3,(H,25,26);1H. The highest BCUT2D eigenvalue weighted by Crippen LogP contribution is 2.24. The van der Waals surface area contributed by atoms with Gasteiger partial charge < -0.3 is 15.0 Å². The monoisotopic (exact) mass is 574 g/mol. The minimum atomic E-state index is 0. The highest BCUT2D eigenvalue weighted by atomic mass is 127. The molecule has 1 unspecified atom stereocenters. The van der Waals surface area contributed by atoms with Gasteiger partial charge in [-0.05, 0) is 23.6 Å². The molecule has 0 bridgehead atoms. The molecule has 1 aliphatic heterocycles. The van der Waals surface area contributed by atoms with Crippen LogP contribution in [-0.4, -0.2) is 72.5 Å². The summed E-state index contributed by atoms with van der Waals surface area (Å²) < 4.78 is 7.46. The van der Waals surface area contributed by atoms with E-state index in [1.807, 2.05) is 30.9 Å². The summed E-state index contributed by atoms with van der Waals surface area (Å²) >= 11 is 6.30. The molecule has 1 fully saturated rings. The number of nitrogens with one attached hydrogen (secondary N) is 1. The van der Waals surface area contributed by atoms with Crippen LogP contribution in [0.25, 0.3) is 0 Å². The van der Waals surface area contributed by atoms with Crippen molar-refractivity contribution >= 4 is 41.5 Å². The zero-order valence-electron chi connectivity index (χ0n) is 19.7. The molecule has 1 aliphatic rings. The number of aromatic nitrogens is 2. The Bertz CT molecular complexity index is 881. The van der Waals surface area contributed by atoms with E-state index in [1.165, 1.54) is 11.1 Å². The van der Waals surface area contributed by atoms with E-state index in [4.69, 9.17) is 16.3 Å². The molecule has 0 radical (unpaired) electrons. The Kier molecular flexibility index (Phi) is 10.7. The molecule has 3 rings (SSSR count). The third kappa shape index (κ3) is 7.07. The van der Waals surface area contributed by atoms with Gasteiger partial charge in [0, 0.05) is 64.1 Å². The van der Waals surface area contributed by atoms with Gasteiger partial charge in [0.1, 0.15) is 0 Å². The molecule has 32 heavy (non-hydrogen) atoms. The van der Waals surface area contributed by atoms with Crippen LogP contribution in [0, 0.1) is 0 Å². The lowest BCUT2D eigenvalue weighted by molar-refractivity contribution is 0.0169. The first-order chi connectivity index (χ1) is 14.9. The highest BCUT2D eigenvalue weighted by Gasteiger charge is 2.24. The van der Waals surface area contributed by atoms with Gasteiger partial charge in [0.25, 0.3) is 0 Å². The third-order valence-electron chi connectivity index (χ3n) is 5.64. The lowest BCUT2D eigenvalue weighted by Gasteiger charge is -2.35. The van der Waals surface area contributed by atoms with E-state index in [2.05, 4.69) is 64.4 Å². The number of halogens is 2. The fourth-order valence-corrected chi connectivity index (χ4v) is 4.33.